The summed E-state index contributed by atoms with van der Waals surface area (Å²) in [5, 5.41) is 9.45. The summed E-state index contributed by atoms with van der Waals surface area (Å²) >= 11 is 5.71. The number of halogens is 2. The zero-order valence-electron chi connectivity index (χ0n) is 9.02. The lowest BCUT2D eigenvalue weighted by Gasteiger charge is -2.00. The normalized spacial score (nSPS) is 10.8. The first-order valence-corrected chi connectivity index (χ1v) is 5.33. The average molecular weight is 267 g/mol. The maximum Gasteiger partial charge on any atom is 0.285 e. The van der Waals surface area contributed by atoms with Gasteiger partial charge in [0.1, 0.15) is 16.5 Å². The molecule has 1 heterocycles. The summed E-state index contributed by atoms with van der Waals surface area (Å²) in [7, 11) is 0. The second-order valence-electron chi connectivity index (χ2n) is 3.32. The third-order valence-corrected chi connectivity index (χ3v) is 2.46. The highest BCUT2D eigenvalue weighted by Crippen LogP contribution is 2.14. The molecule has 1 aromatic heterocycles. The number of rotatable bonds is 3. The van der Waals surface area contributed by atoms with Crippen molar-refractivity contribution in [1.29, 1.82) is 0 Å². The van der Waals surface area contributed by atoms with Gasteiger partial charge < -0.3 is 0 Å². The SMILES string of the molecule is O=c1[nH]ncc(N/N=C\c2ccccc2F)c1Cl. The van der Waals surface area contributed by atoms with Gasteiger partial charge in [0, 0.05) is 5.56 Å². The van der Waals surface area contributed by atoms with Crippen molar-refractivity contribution in [2.45, 2.75) is 0 Å². The first-order valence-electron chi connectivity index (χ1n) is 4.95. The Bertz CT molecular complexity index is 641. The predicted molar refractivity (Wildman–Crippen MR) is 67.5 cm³/mol. The molecule has 0 radical (unpaired) electrons. The zero-order chi connectivity index (χ0) is 13.0. The minimum absolute atomic E-state index is 0.0596. The summed E-state index contributed by atoms with van der Waals surface area (Å²) in [6.45, 7) is 0. The van der Waals surface area contributed by atoms with E-state index in [1.54, 1.807) is 18.2 Å². The molecule has 2 aromatic rings. The minimum Gasteiger partial charge on any atom is -0.275 e. The predicted octanol–water partition coefficient (Wildman–Crippen LogP) is 2.01. The molecule has 0 amide bonds. The van der Waals surface area contributed by atoms with Crippen molar-refractivity contribution in [3.8, 4) is 0 Å². The number of H-pyrrole nitrogens is 1. The molecule has 7 heteroatoms. The Labute approximate surface area is 106 Å². The minimum atomic E-state index is -0.525. The molecule has 2 rings (SSSR count). The average Bonchev–Trinajstić information content (AvgIpc) is 2.37. The third-order valence-electron chi connectivity index (χ3n) is 2.09. The number of nitrogens with zero attached hydrogens (tertiary/aromatic N) is 2. The Morgan fingerprint density at radius 3 is 3.00 bits per heavy atom. The van der Waals surface area contributed by atoms with Gasteiger partial charge in [0.15, 0.2) is 0 Å². The second kappa shape index (κ2) is 5.42. The number of hydrazone groups is 1. The lowest BCUT2D eigenvalue weighted by molar-refractivity contribution is 0.626. The van der Waals surface area contributed by atoms with Gasteiger partial charge in [0.2, 0.25) is 0 Å². The van der Waals surface area contributed by atoms with Crippen LogP contribution in [0.4, 0.5) is 10.1 Å². The fourth-order valence-corrected chi connectivity index (χ4v) is 1.35. The van der Waals surface area contributed by atoms with Crippen LogP contribution in [-0.2, 0) is 0 Å². The number of aromatic nitrogens is 2. The Kier molecular flexibility index (Phi) is 3.69. The monoisotopic (exact) mass is 266 g/mol. The largest absolute Gasteiger partial charge is 0.285 e. The fourth-order valence-electron chi connectivity index (χ4n) is 1.21. The van der Waals surface area contributed by atoms with Crippen molar-refractivity contribution in [3.63, 3.8) is 0 Å². The summed E-state index contributed by atoms with van der Waals surface area (Å²) < 4.78 is 13.2. The van der Waals surface area contributed by atoms with Gasteiger partial charge in [-0.2, -0.15) is 10.2 Å². The van der Waals surface area contributed by atoms with Crippen LogP contribution in [0.5, 0.6) is 0 Å². The van der Waals surface area contributed by atoms with Crippen molar-refractivity contribution in [1.82, 2.24) is 10.2 Å². The van der Waals surface area contributed by atoms with Crippen LogP contribution >= 0.6 is 11.6 Å². The van der Waals surface area contributed by atoms with Crippen molar-refractivity contribution in [2.24, 2.45) is 5.10 Å². The van der Waals surface area contributed by atoms with E-state index >= 15 is 0 Å². The molecule has 2 N–H and O–H groups in total. The lowest BCUT2D eigenvalue weighted by Crippen LogP contribution is -2.10. The number of hydrogen-bond acceptors (Lipinski definition) is 4. The highest BCUT2D eigenvalue weighted by atomic mass is 35.5. The molecule has 18 heavy (non-hydrogen) atoms. The third kappa shape index (κ3) is 2.72. The molecule has 92 valence electrons. The van der Waals surface area contributed by atoms with Crippen molar-refractivity contribution in [3.05, 3.63) is 57.2 Å². The Morgan fingerprint density at radius 1 is 1.44 bits per heavy atom. The maximum atomic E-state index is 13.2. The van der Waals surface area contributed by atoms with E-state index in [2.05, 4.69) is 20.7 Å². The quantitative estimate of drug-likeness (QED) is 0.659. The van der Waals surface area contributed by atoms with Gasteiger partial charge in [-0.25, -0.2) is 9.49 Å². The fraction of sp³-hybridized carbons (Fsp3) is 0. The topological polar surface area (TPSA) is 70.1 Å². The molecule has 0 aliphatic heterocycles. The Balaban J connectivity index is 2.15. The molecular formula is C11H8ClFN4O. The van der Waals surface area contributed by atoms with Gasteiger partial charge in [0.05, 0.1) is 12.4 Å². The van der Waals surface area contributed by atoms with Crippen LogP contribution in [0.1, 0.15) is 5.56 Å². The second-order valence-corrected chi connectivity index (χ2v) is 3.70. The molecule has 0 spiro atoms. The van der Waals surface area contributed by atoms with E-state index in [-0.39, 0.29) is 10.7 Å². The van der Waals surface area contributed by atoms with E-state index in [0.717, 1.165) is 0 Å². The molecule has 0 aliphatic carbocycles. The van der Waals surface area contributed by atoms with E-state index in [1.165, 1.54) is 18.5 Å². The lowest BCUT2D eigenvalue weighted by atomic mass is 10.2. The summed E-state index contributed by atoms with van der Waals surface area (Å²) in [5.74, 6) is -0.391. The van der Waals surface area contributed by atoms with E-state index in [1.807, 2.05) is 0 Å². The van der Waals surface area contributed by atoms with Crippen LogP contribution in [0.2, 0.25) is 5.02 Å². The smallest absolute Gasteiger partial charge is 0.275 e. The molecular weight excluding hydrogens is 259 g/mol. The van der Waals surface area contributed by atoms with Crippen molar-refractivity contribution >= 4 is 23.5 Å². The number of anilines is 1. The zero-order valence-corrected chi connectivity index (χ0v) is 9.78. The Hall–Kier alpha value is -2.21. The van der Waals surface area contributed by atoms with Crippen LogP contribution in [0.25, 0.3) is 0 Å². The summed E-state index contributed by atoms with van der Waals surface area (Å²) in [6, 6.07) is 6.16. The van der Waals surface area contributed by atoms with Gasteiger partial charge >= 0.3 is 0 Å². The van der Waals surface area contributed by atoms with Gasteiger partial charge in [-0.15, -0.1) is 0 Å². The van der Waals surface area contributed by atoms with Crippen LogP contribution in [0.15, 0.2) is 40.4 Å². The van der Waals surface area contributed by atoms with Gasteiger partial charge in [-0.1, -0.05) is 29.8 Å². The van der Waals surface area contributed by atoms with E-state index in [0.29, 0.717) is 5.56 Å². The molecule has 0 unspecified atom stereocenters. The molecule has 1 aromatic carbocycles. The highest BCUT2D eigenvalue weighted by Gasteiger charge is 2.03. The molecule has 0 saturated heterocycles. The molecule has 0 atom stereocenters. The van der Waals surface area contributed by atoms with Crippen LogP contribution in [0, 0.1) is 5.82 Å². The van der Waals surface area contributed by atoms with Gasteiger partial charge in [-0.05, 0) is 6.07 Å². The van der Waals surface area contributed by atoms with Gasteiger partial charge in [0.25, 0.3) is 5.56 Å². The molecule has 0 bridgehead atoms. The summed E-state index contributed by atoms with van der Waals surface area (Å²) in [5.41, 5.74) is 2.55. The van der Waals surface area contributed by atoms with Crippen LogP contribution < -0.4 is 11.0 Å². The van der Waals surface area contributed by atoms with Crippen LogP contribution in [0.3, 0.4) is 0 Å². The molecule has 5 nitrogen and oxygen atoms in total. The standard InChI is InChI=1S/C11H8ClFN4O/c12-10-9(6-15-17-11(10)18)16-14-5-7-3-1-2-4-8(7)13/h1-6H,(H2,16,17,18)/b14-5-. The number of aromatic amines is 1. The maximum absolute atomic E-state index is 13.2. The van der Waals surface area contributed by atoms with Crippen LogP contribution in [-0.4, -0.2) is 16.4 Å². The number of benzene rings is 1. The van der Waals surface area contributed by atoms with Crippen molar-refractivity contribution in [2.75, 3.05) is 5.43 Å². The molecule has 0 aliphatic rings. The van der Waals surface area contributed by atoms with Crippen molar-refractivity contribution < 1.29 is 4.39 Å². The molecule has 0 fully saturated rings. The summed E-state index contributed by atoms with van der Waals surface area (Å²) in [6.07, 6.45) is 2.59. The van der Waals surface area contributed by atoms with E-state index < -0.39 is 11.4 Å². The van der Waals surface area contributed by atoms with E-state index in [4.69, 9.17) is 11.6 Å². The number of nitrogens with one attached hydrogen (secondary N) is 2. The molecule has 0 saturated carbocycles. The highest BCUT2D eigenvalue weighted by molar-refractivity contribution is 6.32. The van der Waals surface area contributed by atoms with E-state index in [9.17, 15) is 9.18 Å². The number of hydrogen-bond donors (Lipinski definition) is 2. The summed E-state index contributed by atoms with van der Waals surface area (Å²) in [4.78, 5) is 11.1. The first kappa shape index (κ1) is 12.3. The first-order chi connectivity index (χ1) is 8.68. The van der Waals surface area contributed by atoms with Gasteiger partial charge in [-0.3, -0.25) is 10.2 Å². The Morgan fingerprint density at radius 2 is 2.22 bits per heavy atom.